The lowest BCUT2D eigenvalue weighted by molar-refractivity contribution is -0.137. The number of hydrogen-bond donors (Lipinski definition) is 1. The number of halogens is 6. The molecule has 1 aromatic heterocycles. The fourth-order valence-electron chi connectivity index (χ4n) is 6.84. The predicted molar refractivity (Wildman–Crippen MR) is 314 cm³/mol. The van der Waals surface area contributed by atoms with Gasteiger partial charge in [-0.05, 0) is 147 Å². The van der Waals surface area contributed by atoms with Crippen LogP contribution in [0.15, 0.2) is 146 Å². The molecule has 0 aliphatic heterocycles. The van der Waals surface area contributed by atoms with Gasteiger partial charge >= 0.3 is 6.18 Å². The summed E-state index contributed by atoms with van der Waals surface area (Å²) in [6.07, 6.45) is 14.6. The second kappa shape index (κ2) is 38.4. The Hall–Kier alpha value is -5.19. The first kappa shape index (κ1) is 70.9. The van der Waals surface area contributed by atoms with Crippen LogP contribution in [0.3, 0.4) is 0 Å². The van der Waals surface area contributed by atoms with Gasteiger partial charge in [0.2, 0.25) is 0 Å². The molecule has 414 valence electrons. The largest absolute Gasteiger partial charge is 0.493 e. The highest BCUT2D eigenvalue weighted by Gasteiger charge is 2.34. The van der Waals surface area contributed by atoms with Crippen molar-refractivity contribution in [2.45, 2.75) is 159 Å². The van der Waals surface area contributed by atoms with E-state index < -0.39 is 17.7 Å². The average molecular weight is 1050 g/mol. The Bertz CT molecular complexity index is 2260. The van der Waals surface area contributed by atoms with Gasteiger partial charge in [0.15, 0.2) is 0 Å². The first-order valence-electron chi connectivity index (χ1n) is 26.1. The molecule has 3 aromatic rings. The van der Waals surface area contributed by atoms with Gasteiger partial charge in [-0.3, -0.25) is 4.68 Å². The number of nitrogens with zero attached hydrogens (tertiary/aromatic N) is 3. The number of allylic oxidation sites excluding steroid dienone is 9. The SMILES string of the molecule is C=C(C)CCC(C)C(=C)C.C=C(c1ccc(Cl)c(C(F)(F)F)c1)N(CCCCC)c1ccc(-c2cc(C(C)(F)F)nn2C)c(C)c1.C=C/C=C\C(OCCCCCCNC)=C(/CC(=C)C)C(=C)C.C=CCC.CC. The van der Waals surface area contributed by atoms with Crippen LogP contribution in [0.25, 0.3) is 17.0 Å². The van der Waals surface area contributed by atoms with Crippen molar-refractivity contribution < 1.29 is 26.7 Å². The van der Waals surface area contributed by atoms with Crippen LogP contribution in [0.2, 0.25) is 5.02 Å². The molecule has 0 radical (unpaired) electrons. The van der Waals surface area contributed by atoms with Gasteiger partial charge in [0, 0.05) is 43.0 Å². The highest BCUT2D eigenvalue weighted by Crippen LogP contribution is 2.38. The maximum absolute atomic E-state index is 13.8. The second-order valence-electron chi connectivity index (χ2n) is 18.6. The maximum atomic E-state index is 13.8. The molecule has 0 saturated heterocycles. The molecule has 74 heavy (non-hydrogen) atoms. The maximum Gasteiger partial charge on any atom is 0.417 e. The molecule has 0 aliphatic carbocycles. The molecule has 5 nitrogen and oxygen atoms in total. The van der Waals surface area contributed by atoms with Gasteiger partial charge in [-0.1, -0.05) is 157 Å². The minimum Gasteiger partial charge on any atom is -0.493 e. The molecule has 0 amide bonds. The molecule has 0 bridgehead atoms. The van der Waals surface area contributed by atoms with Crippen LogP contribution < -0.4 is 10.2 Å². The van der Waals surface area contributed by atoms with E-state index in [0.717, 1.165) is 110 Å². The summed E-state index contributed by atoms with van der Waals surface area (Å²) in [5.41, 5.74) is 8.12. The zero-order valence-electron chi connectivity index (χ0n) is 47.8. The Morgan fingerprint density at radius 1 is 0.878 bits per heavy atom. The molecule has 0 aliphatic rings. The van der Waals surface area contributed by atoms with E-state index in [1.807, 2.05) is 83.0 Å². The number of aromatic nitrogens is 2. The number of alkyl halides is 5. The van der Waals surface area contributed by atoms with Crippen LogP contribution in [0, 0.1) is 12.8 Å². The molecule has 1 heterocycles. The van der Waals surface area contributed by atoms with E-state index in [1.165, 1.54) is 59.7 Å². The van der Waals surface area contributed by atoms with Gasteiger partial charge in [0.1, 0.15) is 11.5 Å². The Balaban J connectivity index is 0. The van der Waals surface area contributed by atoms with E-state index in [1.54, 1.807) is 13.1 Å². The fourth-order valence-corrected chi connectivity index (χ4v) is 7.07. The van der Waals surface area contributed by atoms with Gasteiger partial charge in [0.25, 0.3) is 5.92 Å². The lowest BCUT2D eigenvalue weighted by Crippen LogP contribution is -2.23. The summed E-state index contributed by atoms with van der Waals surface area (Å²) in [5, 5.41) is 6.75. The van der Waals surface area contributed by atoms with Gasteiger partial charge in [-0.2, -0.15) is 27.1 Å². The van der Waals surface area contributed by atoms with Crippen molar-refractivity contribution in [1.29, 1.82) is 0 Å². The van der Waals surface area contributed by atoms with E-state index in [9.17, 15) is 22.0 Å². The van der Waals surface area contributed by atoms with Crippen LogP contribution in [0.1, 0.15) is 162 Å². The second-order valence-corrected chi connectivity index (χ2v) is 19.0. The Labute approximate surface area is 451 Å². The van der Waals surface area contributed by atoms with Crippen molar-refractivity contribution >= 4 is 23.0 Å². The van der Waals surface area contributed by atoms with Crippen LogP contribution in [0.4, 0.5) is 27.6 Å². The summed E-state index contributed by atoms with van der Waals surface area (Å²) in [6.45, 7) is 50.7. The van der Waals surface area contributed by atoms with Gasteiger partial charge < -0.3 is 15.0 Å². The number of rotatable bonds is 27. The summed E-state index contributed by atoms with van der Waals surface area (Å²) < 4.78 is 75.3. The lowest BCUT2D eigenvalue weighted by atomic mass is 9.97. The molecule has 0 fully saturated rings. The highest BCUT2D eigenvalue weighted by molar-refractivity contribution is 6.31. The average Bonchev–Trinajstić information content (AvgIpc) is 3.74. The van der Waals surface area contributed by atoms with Gasteiger partial charge in [-0.15, -0.1) is 13.2 Å². The van der Waals surface area contributed by atoms with Crippen molar-refractivity contribution in [2.75, 3.05) is 31.6 Å². The van der Waals surface area contributed by atoms with Crippen molar-refractivity contribution in [3.05, 3.63) is 174 Å². The molecule has 0 spiro atoms. The first-order valence-corrected chi connectivity index (χ1v) is 26.5. The van der Waals surface area contributed by atoms with Crippen molar-refractivity contribution in [1.82, 2.24) is 15.1 Å². The van der Waals surface area contributed by atoms with E-state index in [-0.39, 0.29) is 10.7 Å². The summed E-state index contributed by atoms with van der Waals surface area (Å²) >= 11 is 5.81. The third-order valence-corrected chi connectivity index (χ3v) is 11.8. The summed E-state index contributed by atoms with van der Waals surface area (Å²) in [5.74, 6) is -1.52. The standard InChI is InChI=1S/C27H29ClF5N3.C20H33NO.C10H18.C4H8.C2H6/c1-6-7-8-13-36(18(3)19-9-12-23(28)22(15-19)27(31,32)33)20-10-11-21(17(2)14-20)24-16-25(26(4,29)30)34-35(24)5;1-7-8-13-20(19(18(4)5)16-17(2)3)22-15-12-10-9-11-14-21-6;1-8(2)6-7-10(5)9(3)4;1-3-4-2;1-2/h9-12,14-16H,3,6-8,13H2,1-2,4-5H3;7-8,13,21H,1-2,4,9-12,14-16H2,3,5-6H3;10H,1,3,6-7H2,2,4-5H3;3H,1,4H2,2H3;1-2H3/b;13-8-,20-19-;;;. The predicted octanol–water partition coefficient (Wildman–Crippen LogP) is 20.3. The minimum absolute atomic E-state index is 0.311. The van der Waals surface area contributed by atoms with E-state index >= 15 is 0 Å². The molecule has 11 heteroatoms. The van der Waals surface area contributed by atoms with E-state index in [0.29, 0.717) is 29.4 Å². The molecule has 3 rings (SSSR count). The minimum atomic E-state index is -4.59. The topological polar surface area (TPSA) is 42.3 Å². The monoisotopic (exact) mass is 1050 g/mol. The Morgan fingerprint density at radius 3 is 1.97 bits per heavy atom. The Morgan fingerprint density at radius 2 is 1.50 bits per heavy atom. The third kappa shape index (κ3) is 28.5. The number of aryl methyl sites for hydroxylation is 2. The number of hydrogen-bond acceptors (Lipinski definition) is 4. The summed E-state index contributed by atoms with van der Waals surface area (Å²) in [4.78, 5) is 1.88. The van der Waals surface area contributed by atoms with Crippen molar-refractivity contribution in [2.24, 2.45) is 13.0 Å². The van der Waals surface area contributed by atoms with Crippen LogP contribution in [-0.4, -0.2) is 36.5 Å². The lowest BCUT2D eigenvalue weighted by Gasteiger charge is -2.28. The van der Waals surface area contributed by atoms with Gasteiger partial charge in [0.05, 0.1) is 22.9 Å². The molecular formula is C63H94ClF5N4O. The van der Waals surface area contributed by atoms with Crippen LogP contribution in [0.5, 0.6) is 0 Å². The quantitative estimate of drug-likeness (QED) is 0.0272. The highest BCUT2D eigenvalue weighted by atomic mass is 35.5. The normalized spacial score (nSPS) is 11.7. The first-order chi connectivity index (χ1) is 34.7. The molecule has 1 N–H and O–H groups in total. The van der Waals surface area contributed by atoms with Crippen molar-refractivity contribution in [3.63, 3.8) is 0 Å². The van der Waals surface area contributed by atoms with Crippen molar-refractivity contribution in [3.8, 4) is 11.3 Å². The van der Waals surface area contributed by atoms with Crippen LogP contribution >= 0.6 is 11.6 Å². The summed E-state index contributed by atoms with van der Waals surface area (Å²) in [6, 6.07) is 10.6. The zero-order chi connectivity index (χ0) is 57.2. The number of ether oxygens (including phenoxy) is 1. The zero-order valence-corrected chi connectivity index (χ0v) is 48.6. The molecule has 0 saturated carbocycles. The van der Waals surface area contributed by atoms with Gasteiger partial charge in [-0.25, -0.2) is 0 Å². The third-order valence-electron chi connectivity index (χ3n) is 11.4. The van der Waals surface area contributed by atoms with Crippen LogP contribution in [-0.2, 0) is 23.9 Å². The van der Waals surface area contributed by atoms with E-state index in [4.69, 9.17) is 16.3 Å². The number of anilines is 1. The fraction of sp³-hybridized carbons (Fsp3) is 0.476. The molecular weight excluding hydrogens is 959 g/mol. The smallest absolute Gasteiger partial charge is 0.417 e. The van der Waals surface area contributed by atoms with E-state index in [2.05, 4.69) is 91.1 Å². The molecule has 2 aromatic carbocycles. The number of unbranched alkanes of at least 4 members (excludes halogenated alkanes) is 5. The molecule has 1 atom stereocenters. The summed E-state index contributed by atoms with van der Waals surface area (Å²) in [7, 11) is 3.60. The molecule has 1 unspecified atom stereocenters. The number of benzene rings is 2. The number of nitrogens with one attached hydrogen (secondary N) is 1. The Kier molecular flexibility index (Phi) is 36.8.